The van der Waals surface area contributed by atoms with E-state index in [0.717, 1.165) is 11.8 Å². The predicted molar refractivity (Wildman–Crippen MR) is 115 cm³/mol. The molecule has 0 heterocycles. The van der Waals surface area contributed by atoms with Crippen molar-refractivity contribution in [1.82, 2.24) is 0 Å². The predicted octanol–water partition coefficient (Wildman–Crippen LogP) is 7.66. The summed E-state index contributed by atoms with van der Waals surface area (Å²) in [7, 11) is 0. The normalized spacial score (nSPS) is 20.8. The molecule has 1 aliphatic carbocycles. The summed E-state index contributed by atoms with van der Waals surface area (Å²) in [6, 6.07) is 18.3. The number of hydrogen-bond acceptors (Lipinski definition) is 0. The van der Waals surface area contributed by atoms with Crippen LogP contribution in [0.2, 0.25) is 0 Å². The molecule has 3 aromatic carbocycles. The molecule has 136 valence electrons. The molecule has 1 aliphatic rings. The lowest BCUT2D eigenvalue weighted by molar-refractivity contribution is 0.283. The standard InChI is InChI=1S/C26H32/c1-18(2)8-7-9-19(3)26(4)17-16-24-23-13-12-20-10-5-6-11-21(20)22(23)14-15-25(24)26/h5-6,10-15,18-19H,7-9,16-17H2,1-4H3/t19-,26+/m1/s1. The van der Waals surface area contributed by atoms with Gasteiger partial charge in [-0.25, -0.2) is 0 Å². The third kappa shape index (κ3) is 2.84. The smallest absolute Gasteiger partial charge is 0.00435 e. The van der Waals surface area contributed by atoms with Gasteiger partial charge in [0.2, 0.25) is 0 Å². The molecule has 0 spiro atoms. The van der Waals surface area contributed by atoms with E-state index in [1.54, 1.807) is 11.1 Å². The number of aryl methyl sites for hydroxylation is 1. The molecule has 0 saturated heterocycles. The molecule has 0 aliphatic heterocycles. The lowest BCUT2D eigenvalue weighted by Gasteiger charge is -2.33. The third-order valence-corrected chi connectivity index (χ3v) is 7.05. The zero-order chi connectivity index (χ0) is 18.3. The van der Waals surface area contributed by atoms with E-state index in [9.17, 15) is 0 Å². The maximum atomic E-state index is 2.52. The van der Waals surface area contributed by atoms with Gasteiger partial charge in [-0.15, -0.1) is 0 Å². The zero-order valence-corrected chi connectivity index (χ0v) is 16.8. The molecule has 2 atom stereocenters. The van der Waals surface area contributed by atoms with Crippen LogP contribution in [0.15, 0.2) is 48.5 Å². The molecule has 0 unspecified atom stereocenters. The van der Waals surface area contributed by atoms with Crippen molar-refractivity contribution < 1.29 is 0 Å². The van der Waals surface area contributed by atoms with Crippen molar-refractivity contribution in [2.45, 2.75) is 65.2 Å². The largest absolute Gasteiger partial charge is 0.0628 e. The summed E-state index contributed by atoms with van der Waals surface area (Å²) >= 11 is 0. The number of rotatable bonds is 5. The van der Waals surface area contributed by atoms with Gasteiger partial charge in [0.05, 0.1) is 0 Å². The van der Waals surface area contributed by atoms with Gasteiger partial charge in [0.15, 0.2) is 0 Å². The van der Waals surface area contributed by atoms with Crippen LogP contribution >= 0.6 is 0 Å². The first-order chi connectivity index (χ1) is 12.5. The Morgan fingerprint density at radius 3 is 2.42 bits per heavy atom. The molecule has 0 N–H and O–H groups in total. The fourth-order valence-corrected chi connectivity index (χ4v) is 5.14. The van der Waals surface area contributed by atoms with Gasteiger partial charge < -0.3 is 0 Å². The Hall–Kier alpha value is -1.82. The highest BCUT2D eigenvalue weighted by atomic mass is 14.4. The first kappa shape index (κ1) is 17.6. The molecule has 0 bridgehead atoms. The van der Waals surface area contributed by atoms with E-state index in [0.29, 0.717) is 5.41 Å². The molecular weight excluding hydrogens is 312 g/mol. The Balaban J connectivity index is 1.73. The minimum atomic E-state index is 0.339. The Morgan fingerprint density at radius 2 is 1.62 bits per heavy atom. The van der Waals surface area contributed by atoms with Crippen LogP contribution in [0.4, 0.5) is 0 Å². The van der Waals surface area contributed by atoms with Gasteiger partial charge in [-0.05, 0) is 69.2 Å². The maximum Gasteiger partial charge on any atom is -0.00435 e. The van der Waals surface area contributed by atoms with Crippen LogP contribution in [0, 0.1) is 11.8 Å². The molecule has 0 aromatic heterocycles. The monoisotopic (exact) mass is 344 g/mol. The van der Waals surface area contributed by atoms with E-state index >= 15 is 0 Å². The summed E-state index contributed by atoms with van der Waals surface area (Å²) in [5.41, 5.74) is 3.58. The Labute approximate surface area is 158 Å². The summed E-state index contributed by atoms with van der Waals surface area (Å²) in [6.07, 6.45) is 6.61. The SMILES string of the molecule is CC(C)CCC[C@@H](C)[C@]1(C)CCc2c1ccc1c2ccc2ccccc21. The van der Waals surface area contributed by atoms with Gasteiger partial charge in [-0.3, -0.25) is 0 Å². The maximum absolute atomic E-state index is 2.52. The Bertz CT molecular complexity index is 933. The number of fused-ring (bicyclic) bond motifs is 5. The highest BCUT2D eigenvalue weighted by Crippen LogP contribution is 2.48. The van der Waals surface area contributed by atoms with Gasteiger partial charge in [-0.2, -0.15) is 0 Å². The minimum Gasteiger partial charge on any atom is -0.0628 e. The van der Waals surface area contributed by atoms with Crippen molar-refractivity contribution in [2.24, 2.45) is 11.8 Å². The summed E-state index contributed by atoms with van der Waals surface area (Å²) < 4.78 is 0. The average molecular weight is 345 g/mol. The second kappa shape index (κ2) is 6.72. The minimum absolute atomic E-state index is 0.339. The summed E-state index contributed by atoms with van der Waals surface area (Å²) in [5.74, 6) is 1.57. The van der Waals surface area contributed by atoms with Gasteiger partial charge in [0.25, 0.3) is 0 Å². The molecule has 0 amide bonds. The van der Waals surface area contributed by atoms with E-state index in [4.69, 9.17) is 0 Å². The molecule has 3 aromatic rings. The van der Waals surface area contributed by atoms with Crippen LogP contribution in [0.25, 0.3) is 21.5 Å². The molecule has 0 saturated carbocycles. The van der Waals surface area contributed by atoms with E-state index < -0.39 is 0 Å². The van der Waals surface area contributed by atoms with E-state index in [2.05, 4.69) is 76.2 Å². The molecule has 0 heteroatoms. The van der Waals surface area contributed by atoms with E-state index in [1.807, 2.05) is 0 Å². The lowest BCUT2D eigenvalue weighted by atomic mass is 9.71. The summed E-state index contributed by atoms with van der Waals surface area (Å²) in [4.78, 5) is 0. The van der Waals surface area contributed by atoms with Crippen LogP contribution in [0.5, 0.6) is 0 Å². The molecule has 0 radical (unpaired) electrons. The first-order valence-corrected chi connectivity index (χ1v) is 10.4. The van der Waals surface area contributed by atoms with Crippen LogP contribution in [-0.4, -0.2) is 0 Å². The summed E-state index contributed by atoms with van der Waals surface area (Å²) in [6.45, 7) is 9.69. The van der Waals surface area contributed by atoms with Crippen LogP contribution < -0.4 is 0 Å². The van der Waals surface area contributed by atoms with Crippen LogP contribution in [-0.2, 0) is 11.8 Å². The molecule has 26 heavy (non-hydrogen) atoms. The van der Waals surface area contributed by atoms with Gasteiger partial charge in [-0.1, -0.05) is 89.1 Å². The van der Waals surface area contributed by atoms with Crippen LogP contribution in [0.3, 0.4) is 0 Å². The van der Waals surface area contributed by atoms with Crippen molar-refractivity contribution in [1.29, 1.82) is 0 Å². The zero-order valence-electron chi connectivity index (χ0n) is 16.8. The molecule has 4 rings (SSSR count). The fourth-order valence-electron chi connectivity index (χ4n) is 5.14. The van der Waals surface area contributed by atoms with Crippen molar-refractivity contribution in [2.75, 3.05) is 0 Å². The Morgan fingerprint density at radius 1 is 0.846 bits per heavy atom. The highest BCUT2D eigenvalue weighted by molar-refractivity contribution is 6.08. The quantitative estimate of drug-likeness (QED) is 0.417. The van der Waals surface area contributed by atoms with E-state index in [1.165, 1.54) is 53.6 Å². The van der Waals surface area contributed by atoms with Crippen LogP contribution in [0.1, 0.15) is 64.5 Å². The molecule has 0 fully saturated rings. The molecular formula is C26H32. The van der Waals surface area contributed by atoms with Gasteiger partial charge >= 0.3 is 0 Å². The van der Waals surface area contributed by atoms with Crippen molar-refractivity contribution >= 4 is 21.5 Å². The lowest BCUT2D eigenvalue weighted by Crippen LogP contribution is -2.27. The first-order valence-electron chi connectivity index (χ1n) is 10.4. The van der Waals surface area contributed by atoms with Crippen molar-refractivity contribution in [3.63, 3.8) is 0 Å². The highest BCUT2D eigenvalue weighted by Gasteiger charge is 2.39. The van der Waals surface area contributed by atoms with Crippen molar-refractivity contribution in [3.05, 3.63) is 59.7 Å². The molecule has 0 nitrogen and oxygen atoms in total. The topological polar surface area (TPSA) is 0 Å². The number of benzene rings is 3. The average Bonchev–Trinajstić information content (AvgIpc) is 2.99. The summed E-state index contributed by atoms with van der Waals surface area (Å²) in [5, 5.41) is 5.66. The second-order valence-corrected chi connectivity index (χ2v) is 9.12. The third-order valence-electron chi connectivity index (χ3n) is 7.05. The van der Waals surface area contributed by atoms with Gasteiger partial charge in [0.1, 0.15) is 0 Å². The second-order valence-electron chi connectivity index (χ2n) is 9.12. The van der Waals surface area contributed by atoms with Gasteiger partial charge in [0, 0.05) is 0 Å². The Kier molecular flexibility index (Phi) is 4.55. The number of hydrogen-bond donors (Lipinski definition) is 0. The van der Waals surface area contributed by atoms with E-state index in [-0.39, 0.29) is 0 Å². The van der Waals surface area contributed by atoms with Crippen molar-refractivity contribution in [3.8, 4) is 0 Å². The fraction of sp³-hybridized carbons (Fsp3) is 0.462.